The molecule has 9 nitrogen and oxygen atoms in total. The SMILES string of the molecule is CSc1ncc(C(=O)OCc2cc([N+](=O)[O-])cc3c2OCOC3)n1-c1ccc(F)cc1. The number of hydrogen-bond acceptors (Lipinski definition) is 8. The molecule has 0 atom stereocenters. The van der Waals surface area contributed by atoms with Crippen LogP contribution in [0.25, 0.3) is 5.69 Å². The topological polar surface area (TPSA) is 106 Å². The maximum absolute atomic E-state index is 13.3. The lowest BCUT2D eigenvalue weighted by atomic mass is 10.1. The van der Waals surface area contributed by atoms with E-state index in [2.05, 4.69) is 4.98 Å². The van der Waals surface area contributed by atoms with Gasteiger partial charge in [0.25, 0.3) is 5.69 Å². The molecule has 0 unspecified atom stereocenters. The number of nitro benzene ring substituents is 1. The Balaban J connectivity index is 1.62. The first kappa shape index (κ1) is 20.8. The summed E-state index contributed by atoms with van der Waals surface area (Å²) >= 11 is 1.31. The van der Waals surface area contributed by atoms with Gasteiger partial charge in [0.15, 0.2) is 17.6 Å². The van der Waals surface area contributed by atoms with Crippen molar-refractivity contribution in [3.8, 4) is 11.4 Å². The summed E-state index contributed by atoms with van der Waals surface area (Å²) in [5.41, 5.74) is 1.40. The van der Waals surface area contributed by atoms with Gasteiger partial charge in [0.05, 0.1) is 17.7 Å². The molecule has 1 aromatic heterocycles. The van der Waals surface area contributed by atoms with Crippen molar-refractivity contribution >= 4 is 23.4 Å². The van der Waals surface area contributed by atoms with E-state index in [4.69, 9.17) is 14.2 Å². The second kappa shape index (κ2) is 8.74. The molecule has 31 heavy (non-hydrogen) atoms. The van der Waals surface area contributed by atoms with Gasteiger partial charge in [-0.25, -0.2) is 14.2 Å². The molecule has 2 aromatic carbocycles. The maximum Gasteiger partial charge on any atom is 0.357 e. The Morgan fingerprint density at radius 1 is 1.35 bits per heavy atom. The van der Waals surface area contributed by atoms with Crippen LogP contribution in [0, 0.1) is 15.9 Å². The van der Waals surface area contributed by atoms with E-state index in [1.54, 1.807) is 10.8 Å². The van der Waals surface area contributed by atoms with Crippen LogP contribution in [0.5, 0.6) is 5.75 Å². The lowest BCUT2D eigenvalue weighted by Gasteiger charge is -2.20. The van der Waals surface area contributed by atoms with E-state index >= 15 is 0 Å². The van der Waals surface area contributed by atoms with Crippen LogP contribution >= 0.6 is 11.8 Å². The van der Waals surface area contributed by atoms with Crippen LogP contribution in [0.2, 0.25) is 0 Å². The largest absolute Gasteiger partial charge is 0.467 e. The first-order valence-corrected chi connectivity index (χ1v) is 10.3. The lowest BCUT2D eigenvalue weighted by molar-refractivity contribution is -0.385. The zero-order valence-corrected chi connectivity index (χ0v) is 17.1. The molecule has 0 amide bonds. The number of halogens is 1. The first-order chi connectivity index (χ1) is 15.0. The molecule has 0 aliphatic carbocycles. The van der Waals surface area contributed by atoms with E-state index in [0.29, 0.717) is 27.7 Å². The first-order valence-electron chi connectivity index (χ1n) is 9.03. The van der Waals surface area contributed by atoms with Crippen LogP contribution in [0.1, 0.15) is 21.6 Å². The number of non-ortho nitro benzene ring substituents is 1. The molecule has 0 spiro atoms. The number of ether oxygens (including phenoxy) is 3. The molecule has 1 aliphatic heterocycles. The third-order valence-electron chi connectivity index (χ3n) is 4.55. The van der Waals surface area contributed by atoms with Crippen LogP contribution in [-0.2, 0) is 22.7 Å². The molecular weight excluding hydrogens is 429 g/mol. The summed E-state index contributed by atoms with van der Waals surface area (Å²) < 4.78 is 30.9. The van der Waals surface area contributed by atoms with Gasteiger partial charge in [0, 0.05) is 28.9 Å². The number of fused-ring (bicyclic) bond motifs is 1. The van der Waals surface area contributed by atoms with Gasteiger partial charge in [0.2, 0.25) is 0 Å². The van der Waals surface area contributed by atoms with Gasteiger partial charge in [-0.2, -0.15) is 0 Å². The van der Waals surface area contributed by atoms with Crippen molar-refractivity contribution in [2.45, 2.75) is 18.4 Å². The van der Waals surface area contributed by atoms with Crippen molar-refractivity contribution in [3.05, 3.63) is 75.3 Å². The lowest BCUT2D eigenvalue weighted by Crippen LogP contribution is -2.16. The maximum atomic E-state index is 13.3. The highest BCUT2D eigenvalue weighted by molar-refractivity contribution is 7.98. The van der Waals surface area contributed by atoms with Crippen LogP contribution < -0.4 is 4.74 Å². The Bertz CT molecular complexity index is 1150. The normalized spacial score (nSPS) is 12.7. The summed E-state index contributed by atoms with van der Waals surface area (Å²) in [5, 5.41) is 11.8. The van der Waals surface area contributed by atoms with Gasteiger partial charge in [0.1, 0.15) is 18.2 Å². The Morgan fingerprint density at radius 3 is 2.84 bits per heavy atom. The molecular formula is C20H16FN3O6S. The minimum atomic E-state index is -0.690. The van der Waals surface area contributed by atoms with Crippen molar-refractivity contribution < 1.29 is 28.3 Å². The fourth-order valence-corrected chi connectivity index (χ4v) is 3.72. The van der Waals surface area contributed by atoms with Gasteiger partial charge in [-0.15, -0.1) is 0 Å². The highest BCUT2D eigenvalue weighted by Crippen LogP contribution is 2.33. The van der Waals surface area contributed by atoms with Crippen molar-refractivity contribution in [2.75, 3.05) is 13.0 Å². The number of carbonyl (C=O) groups excluding carboxylic acids is 1. The zero-order chi connectivity index (χ0) is 22.0. The molecule has 0 radical (unpaired) electrons. The number of rotatable bonds is 6. The Morgan fingerprint density at radius 2 is 2.13 bits per heavy atom. The van der Waals surface area contributed by atoms with Crippen molar-refractivity contribution in [1.82, 2.24) is 9.55 Å². The standard InChI is InChI=1S/C20H16FN3O6S/c1-31-20-22-8-17(23(20)15-4-2-14(21)3-5-15)19(25)29-10-13-7-16(24(26)27)6-12-9-28-11-30-18(12)13/h2-8H,9-11H2,1H3. The molecule has 0 bridgehead atoms. The van der Waals surface area contributed by atoms with Gasteiger partial charge in [-0.05, 0) is 30.5 Å². The monoisotopic (exact) mass is 445 g/mol. The molecule has 0 fully saturated rings. The smallest absolute Gasteiger partial charge is 0.357 e. The molecule has 0 saturated heterocycles. The average Bonchev–Trinajstić information content (AvgIpc) is 3.21. The predicted octanol–water partition coefficient (Wildman–Crippen LogP) is 3.87. The van der Waals surface area contributed by atoms with Crippen molar-refractivity contribution in [2.24, 2.45) is 0 Å². The van der Waals surface area contributed by atoms with Crippen LogP contribution in [0.4, 0.5) is 10.1 Å². The summed E-state index contributed by atoms with van der Waals surface area (Å²) in [4.78, 5) is 27.7. The molecule has 3 aromatic rings. The molecule has 0 saturated carbocycles. The molecule has 11 heteroatoms. The Hall–Kier alpha value is -3.44. The van der Waals surface area contributed by atoms with E-state index in [1.165, 1.54) is 54.4 Å². The molecule has 4 rings (SSSR count). The summed E-state index contributed by atoms with van der Waals surface area (Å²) in [6.45, 7) is -0.0847. The zero-order valence-electron chi connectivity index (χ0n) is 16.2. The fourth-order valence-electron chi connectivity index (χ4n) is 3.17. The summed E-state index contributed by atoms with van der Waals surface area (Å²) in [7, 11) is 0. The van der Waals surface area contributed by atoms with E-state index < -0.39 is 16.7 Å². The van der Waals surface area contributed by atoms with Gasteiger partial charge >= 0.3 is 5.97 Å². The third kappa shape index (κ3) is 4.23. The number of thioether (sulfide) groups is 1. The summed E-state index contributed by atoms with van der Waals surface area (Å²) in [6.07, 6.45) is 3.16. The molecule has 160 valence electrons. The number of esters is 1. The number of nitrogens with zero attached hydrogens (tertiary/aromatic N) is 3. The second-order valence-corrected chi connectivity index (χ2v) is 7.25. The van der Waals surface area contributed by atoms with E-state index in [9.17, 15) is 19.3 Å². The molecule has 1 aliphatic rings. The number of nitro groups is 1. The molecule has 0 N–H and O–H groups in total. The second-order valence-electron chi connectivity index (χ2n) is 6.48. The number of aromatic nitrogens is 2. The number of benzene rings is 2. The Labute approximate surface area is 179 Å². The highest BCUT2D eigenvalue weighted by Gasteiger charge is 2.24. The minimum Gasteiger partial charge on any atom is -0.467 e. The van der Waals surface area contributed by atoms with Gasteiger partial charge < -0.3 is 14.2 Å². The quantitative estimate of drug-likeness (QED) is 0.244. The van der Waals surface area contributed by atoms with Crippen LogP contribution in [-0.4, -0.2) is 33.5 Å². The number of imidazole rings is 1. The minimum absolute atomic E-state index is 0.000176. The third-order valence-corrected chi connectivity index (χ3v) is 5.20. The summed E-state index contributed by atoms with van der Waals surface area (Å²) in [5.74, 6) is -0.691. The van der Waals surface area contributed by atoms with Crippen molar-refractivity contribution in [1.29, 1.82) is 0 Å². The summed E-state index contributed by atoms with van der Waals surface area (Å²) in [6, 6.07) is 8.29. The fraction of sp³-hybridized carbons (Fsp3) is 0.200. The average molecular weight is 445 g/mol. The van der Waals surface area contributed by atoms with E-state index in [0.717, 1.165) is 0 Å². The van der Waals surface area contributed by atoms with Gasteiger partial charge in [-0.1, -0.05) is 11.8 Å². The predicted molar refractivity (Wildman–Crippen MR) is 108 cm³/mol. The Kier molecular flexibility index (Phi) is 5.87. The number of hydrogen-bond donors (Lipinski definition) is 0. The van der Waals surface area contributed by atoms with E-state index in [-0.39, 0.29) is 31.4 Å². The van der Waals surface area contributed by atoms with Gasteiger partial charge in [-0.3, -0.25) is 14.7 Å². The molecule has 2 heterocycles. The number of carbonyl (C=O) groups is 1. The van der Waals surface area contributed by atoms with E-state index in [1.807, 2.05) is 0 Å². The van der Waals surface area contributed by atoms with Crippen molar-refractivity contribution in [3.63, 3.8) is 0 Å². The van der Waals surface area contributed by atoms with Crippen LogP contribution in [0.3, 0.4) is 0 Å². The van der Waals surface area contributed by atoms with Crippen LogP contribution in [0.15, 0.2) is 47.8 Å². The highest BCUT2D eigenvalue weighted by atomic mass is 32.2.